The highest BCUT2D eigenvalue weighted by molar-refractivity contribution is 6.30. The van der Waals surface area contributed by atoms with Crippen molar-refractivity contribution in [2.24, 2.45) is 5.73 Å². The lowest BCUT2D eigenvalue weighted by atomic mass is 9.81. The minimum Gasteiger partial charge on any atom is -0.330 e. The lowest BCUT2D eigenvalue weighted by molar-refractivity contribution is -0.137. The molecule has 17 heavy (non-hydrogen) atoms. The summed E-state index contributed by atoms with van der Waals surface area (Å²) in [5, 5.41) is 0.0971. The van der Waals surface area contributed by atoms with Gasteiger partial charge in [-0.15, -0.1) is 0 Å². The molecule has 0 saturated heterocycles. The van der Waals surface area contributed by atoms with Crippen molar-refractivity contribution in [1.82, 2.24) is 0 Å². The summed E-state index contributed by atoms with van der Waals surface area (Å²) in [6.45, 7) is 4.12. The lowest BCUT2D eigenvalue weighted by Crippen LogP contribution is -2.22. The maximum Gasteiger partial charge on any atom is 0.416 e. The van der Waals surface area contributed by atoms with Gasteiger partial charge in [0.25, 0.3) is 0 Å². The topological polar surface area (TPSA) is 26.0 Å². The SMILES string of the molecule is CC(C)(CCN)c1cc(Cl)cc(C(F)(F)F)c1. The van der Waals surface area contributed by atoms with E-state index in [0.717, 1.165) is 12.1 Å². The van der Waals surface area contributed by atoms with E-state index in [4.69, 9.17) is 17.3 Å². The average Bonchev–Trinajstić information content (AvgIpc) is 2.15. The first kappa shape index (κ1) is 14.3. The van der Waals surface area contributed by atoms with Crippen LogP contribution < -0.4 is 5.73 Å². The maximum absolute atomic E-state index is 12.6. The molecule has 0 bridgehead atoms. The molecular formula is C12H15ClF3N. The minimum atomic E-state index is -4.38. The number of halogens is 4. The lowest BCUT2D eigenvalue weighted by Gasteiger charge is -2.25. The molecule has 0 aliphatic carbocycles. The molecule has 0 heterocycles. The molecule has 0 fully saturated rings. The van der Waals surface area contributed by atoms with Crippen molar-refractivity contribution in [3.05, 3.63) is 34.3 Å². The van der Waals surface area contributed by atoms with E-state index in [1.807, 2.05) is 13.8 Å². The molecule has 0 spiro atoms. The van der Waals surface area contributed by atoms with Gasteiger partial charge in [-0.25, -0.2) is 0 Å². The maximum atomic E-state index is 12.6. The van der Waals surface area contributed by atoms with Crippen molar-refractivity contribution < 1.29 is 13.2 Å². The largest absolute Gasteiger partial charge is 0.416 e. The Hall–Kier alpha value is -0.740. The third-order valence-corrected chi connectivity index (χ3v) is 2.99. The summed E-state index contributed by atoms with van der Waals surface area (Å²) in [4.78, 5) is 0. The van der Waals surface area contributed by atoms with Crippen molar-refractivity contribution in [2.75, 3.05) is 6.54 Å². The second-order valence-corrected chi connectivity index (χ2v) is 5.09. The van der Waals surface area contributed by atoms with E-state index in [1.165, 1.54) is 0 Å². The Labute approximate surface area is 104 Å². The van der Waals surface area contributed by atoms with E-state index in [2.05, 4.69) is 0 Å². The van der Waals surface area contributed by atoms with Crippen LogP contribution in [0.15, 0.2) is 18.2 Å². The van der Waals surface area contributed by atoms with Gasteiger partial charge in [0.2, 0.25) is 0 Å². The summed E-state index contributed by atoms with van der Waals surface area (Å²) in [6, 6.07) is 3.64. The van der Waals surface area contributed by atoms with Gasteiger partial charge in [0.05, 0.1) is 5.56 Å². The van der Waals surface area contributed by atoms with E-state index >= 15 is 0 Å². The average molecular weight is 266 g/mol. The van der Waals surface area contributed by atoms with Crippen molar-refractivity contribution in [3.63, 3.8) is 0 Å². The summed E-state index contributed by atoms with van der Waals surface area (Å²) in [5.41, 5.74) is 4.88. The van der Waals surface area contributed by atoms with Gasteiger partial charge in [-0.3, -0.25) is 0 Å². The van der Waals surface area contributed by atoms with Crippen LogP contribution in [0.25, 0.3) is 0 Å². The number of nitrogens with two attached hydrogens (primary N) is 1. The molecule has 2 N–H and O–H groups in total. The third-order valence-electron chi connectivity index (χ3n) is 2.78. The minimum absolute atomic E-state index is 0.0971. The number of hydrogen-bond donors (Lipinski definition) is 1. The van der Waals surface area contributed by atoms with Gasteiger partial charge in [-0.05, 0) is 42.1 Å². The van der Waals surface area contributed by atoms with E-state index in [1.54, 1.807) is 6.07 Å². The van der Waals surface area contributed by atoms with E-state index < -0.39 is 17.2 Å². The molecule has 0 radical (unpaired) electrons. The van der Waals surface area contributed by atoms with Crippen molar-refractivity contribution in [3.8, 4) is 0 Å². The zero-order chi connectivity index (χ0) is 13.3. The Balaban J connectivity index is 3.23. The van der Waals surface area contributed by atoms with Crippen LogP contribution in [0.5, 0.6) is 0 Å². The van der Waals surface area contributed by atoms with Gasteiger partial charge in [0.1, 0.15) is 0 Å². The first-order valence-corrected chi connectivity index (χ1v) is 5.63. The summed E-state index contributed by atoms with van der Waals surface area (Å²) >= 11 is 5.73. The van der Waals surface area contributed by atoms with Crippen LogP contribution in [0.2, 0.25) is 5.02 Å². The highest BCUT2D eigenvalue weighted by Crippen LogP contribution is 2.36. The van der Waals surface area contributed by atoms with Gasteiger partial charge < -0.3 is 5.73 Å². The van der Waals surface area contributed by atoms with Crippen LogP contribution >= 0.6 is 11.6 Å². The van der Waals surface area contributed by atoms with Crippen molar-refractivity contribution >= 4 is 11.6 Å². The zero-order valence-electron chi connectivity index (χ0n) is 9.74. The Kier molecular flexibility index (Phi) is 4.10. The molecule has 1 nitrogen and oxygen atoms in total. The van der Waals surface area contributed by atoms with Crippen LogP contribution in [0.3, 0.4) is 0 Å². The molecule has 1 rings (SSSR count). The van der Waals surface area contributed by atoms with Crippen molar-refractivity contribution in [2.45, 2.75) is 31.9 Å². The van der Waals surface area contributed by atoms with Gasteiger partial charge in [0, 0.05) is 5.02 Å². The molecule has 0 aliphatic heterocycles. The zero-order valence-corrected chi connectivity index (χ0v) is 10.5. The number of alkyl halides is 3. The predicted octanol–water partition coefficient (Wildman–Crippen LogP) is 3.99. The molecule has 5 heteroatoms. The van der Waals surface area contributed by atoms with Crippen LogP contribution in [-0.4, -0.2) is 6.54 Å². The Morgan fingerprint density at radius 3 is 2.12 bits per heavy atom. The normalized spacial score (nSPS) is 12.9. The summed E-state index contributed by atoms with van der Waals surface area (Å²) in [6.07, 6.45) is -3.77. The van der Waals surface area contributed by atoms with Crippen LogP contribution in [0, 0.1) is 0 Å². The number of rotatable bonds is 3. The number of benzene rings is 1. The van der Waals surface area contributed by atoms with Crippen molar-refractivity contribution in [1.29, 1.82) is 0 Å². The smallest absolute Gasteiger partial charge is 0.330 e. The Morgan fingerprint density at radius 1 is 1.12 bits per heavy atom. The molecule has 0 atom stereocenters. The van der Waals surface area contributed by atoms with Crippen LogP contribution in [0.4, 0.5) is 13.2 Å². The van der Waals surface area contributed by atoms with Crippen LogP contribution in [-0.2, 0) is 11.6 Å². The molecule has 96 valence electrons. The number of hydrogen-bond acceptors (Lipinski definition) is 1. The molecule has 0 saturated carbocycles. The molecule has 0 aliphatic rings. The Bertz CT molecular complexity index is 399. The van der Waals surface area contributed by atoms with Gasteiger partial charge >= 0.3 is 6.18 Å². The molecular weight excluding hydrogens is 251 g/mol. The monoisotopic (exact) mass is 265 g/mol. The first-order chi connectivity index (χ1) is 7.66. The fraction of sp³-hybridized carbons (Fsp3) is 0.500. The quantitative estimate of drug-likeness (QED) is 0.879. The first-order valence-electron chi connectivity index (χ1n) is 5.25. The van der Waals surface area contributed by atoms with Gasteiger partial charge in [-0.2, -0.15) is 13.2 Å². The fourth-order valence-corrected chi connectivity index (χ4v) is 1.88. The standard InChI is InChI=1S/C12H15ClF3N/c1-11(2,3-4-17)8-5-9(12(14,15)16)7-10(13)6-8/h5-7H,3-4,17H2,1-2H3. The van der Waals surface area contributed by atoms with E-state index in [-0.39, 0.29) is 5.02 Å². The Morgan fingerprint density at radius 2 is 1.65 bits per heavy atom. The summed E-state index contributed by atoms with van der Waals surface area (Å²) in [5.74, 6) is 0. The molecule has 0 aromatic heterocycles. The van der Waals surface area contributed by atoms with Gasteiger partial charge in [-0.1, -0.05) is 25.4 Å². The summed E-state index contributed by atoms with van der Waals surface area (Å²) in [7, 11) is 0. The molecule has 0 amide bonds. The molecule has 1 aromatic carbocycles. The highest BCUT2D eigenvalue weighted by atomic mass is 35.5. The second kappa shape index (κ2) is 4.86. The molecule has 1 aromatic rings. The third kappa shape index (κ3) is 3.61. The fourth-order valence-electron chi connectivity index (χ4n) is 1.65. The van der Waals surface area contributed by atoms with Gasteiger partial charge in [0.15, 0.2) is 0 Å². The van der Waals surface area contributed by atoms with E-state index in [9.17, 15) is 13.2 Å². The van der Waals surface area contributed by atoms with Crippen LogP contribution in [0.1, 0.15) is 31.4 Å². The van der Waals surface area contributed by atoms with E-state index in [0.29, 0.717) is 18.5 Å². The highest BCUT2D eigenvalue weighted by Gasteiger charge is 2.32. The summed E-state index contributed by atoms with van der Waals surface area (Å²) < 4.78 is 37.9. The second-order valence-electron chi connectivity index (χ2n) is 4.65. The predicted molar refractivity (Wildman–Crippen MR) is 63.2 cm³/mol. The molecule has 0 unspecified atom stereocenters.